The maximum atomic E-state index is 16.0. The molecule has 0 N–H and O–H groups in total. The average molecular weight is 1200 g/mol. The first-order chi connectivity index (χ1) is 41.2. The summed E-state index contributed by atoms with van der Waals surface area (Å²) in [4.78, 5) is 127. The molecular formula is C64H36F6N2O12S2. The molecule has 8 aromatic rings. The van der Waals surface area contributed by atoms with E-state index in [1.807, 2.05) is 0 Å². The molecule has 86 heavy (non-hydrogen) atoms. The minimum Gasteiger partial charge on any atom is -0.459 e. The quantitative estimate of drug-likeness (QED) is 0.0249. The van der Waals surface area contributed by atoms with Crippen LogP contribution in [0.4, 0.5) is 26.3 Å². The number of halogens is 6. The van der Waals surface area contributed by atoms with Crippen molar-refractivity contribution in [3.63, 3.8) is 0 Å². The predicted molar refractivity (Wildman–Crippen MR) is 297 cm³/mol. The Morgan fingerprint density at radius 1 is 0.407 bits per heavy atom. The number of Topliss-reactive ketones (excluding diaryl/α,β-unsaturated/α-hetero) is 4. The fourth-order valence-electron chi connectivity index (χ4n) is 10.7. The Morgan fingerprint density at radius 2 is 0.698 bits per heavy atom. The molecule has 2 heterocycles. The molecule has 428 valence electrons. The number of ketones is 4. The molecule has 0 atom stereocenters. The molecular weight excluding hydrogens is 1170 g/mol. The minimum atomic E-state index is -4.94. The number of carbonyl (C=O) groups is 8. The van der Waals surface area contributed by atoms with Crippen molar-refractivity contribution in [3.05, 3.63) is 245 Å². The highest BCUT2D eigenvalue weighted by molar-refractivity contribution is 7.16. The first-order valence-electron chi connectivity index (χ1n) is 25.9. The molecule has 2 aromatic heterocycles. The average Bonchev–Trinajstić information content (AvgIpc) is 1.49. The lowest BCUT2D eigenvalue weighted by molar-refractivity contribution is -0.165. The summed E-state index contributed by atoms with van der Waals surface area (Å²) >= 11 is 1.07. The second-order valence-electron chi connectivity index (χ2n) is 19.9. The van der Waals surface area contributed by atoms with Gasteiger partial charge in [-0.25, -0.2) is 9.97 Å². The number of ether oxygens (including phenoxy) is 4. The van der Waals surface area contributed by atoms with Gasteiger partial charge < -0.3 is 18.9 Å². The lowest BCUT2D eigenvalue weighted by atomic mass is 9.79. The maximum Gasteiger partial charge on any atom is 0.416 e. The summed E-state index contributed by atoms with van der Waals surface area (Å²) in [7, 11) is 0. The first-order valence-corrected chi connectivity index (χ1v) is 27.5. The number of rotatable bonds is 14. The molecule has 0 saturated carbocycles. The van der Waals surface area contributed by atoms with Crippen molar-refractivity contribution in [2.45, 2.75) is 49.6 Å². The van der Waals surface area contributed by atoms with E-state index in [4.69, 9.17) is 28.9 Å². The van der Waals surface area contributed by atoms with Crippen molar-refractivity contribution in [2.75, 3.05) is 0 Å². The van der Waals surface area contributed by atoms with Gasteiger partial charge in [0.15, 0.2) is 0 Å². The summed E-state index contributed by atoms with van der Waals surface area (Å²) in [5.74, 6) is -10.6. The largest absolute Gasteiger partial charge is 0.459 e. The number of alkyl halides is 6. The van der Waals surface area contributed by atoms with E-state index in [0.717, 1.165) is 24.3 Å². The number of thiazole rings is 2. The van der Waals surface area contributed by atoms with Crippen LogP contribution in [0, 0.1) is 0 Å². The third-order valence-corrected chi connectivity index (χ3v) is 16.8. The molecule has 22 heteroatoms. The Morgan fingerprint density at radius 3 is 0.977 bits per heavy atom. The summed E-state index contributed by atoms with van der Waals surface area (Å²) in [6.45, 7) is -2.19. The van der Waals surface area contributed by atoms with E-state index in [9.17, 15) is 45.5 Å². The minimum absolute atomic E-state index is 0.343. The topological polar surface area (TPSA) is 199 Å². The fourth-order valence-corrected chi connectivity index (χ4v) is 13.0. The maximum absolute atomic E-state index is 16.0. The van der Waals surface area contributed by atoms with Gasteiger partial charge in [0, 0.05) is 33.4 Å². The van der Waals surface area contributed by atoms with Gasteiger partial charge in [-0.2, -0.15) is 26.3 Å². The number of nitrogens with zero attached hydrogens (tertiary/aromatic N) is 2. The Labute approximate surface area is 489 Å². The van der Waals surface area contributed by atoms with Crippen LogP contribution in [0.1, 0.15) is 96.4 Å². The lowest BCUT2D eigenvalue weighted by Gasteiger charge is -2.27. The van der Waals surface area contributed by atoms with Crippen molar-refractivity contribution in [2.24, 2.45) is 0 Å². The van der Waals surface area contributed by atoms with Gasteiger partial charge in [0.1, 0.15) is 36.4 Å². The number of fused-ring (bicyclic) bond motifs is 6. The van der Waals surface area contributed by atoms with Crippen LogP contribution in [0.5, 0.6) is 0 Å². The fraction of sp³-hybridized carbons (Fsp3) is 0.125. The molecule has 0 aliphatic heterocycles. The molecule has 0 saturated heterocycles. The van der Waals surface area contributed by atoms with Gasteiger partial charge in [-0.1, -0.05) is 121 Å². The summed E-state index contributed by atoms with van der Waals surface area (Å²) in [6, 6.07) is 36.6. The van der Waals surface area contributed by atoms with Gasteiger partial charge >= 0.3 is 36.2 Å². The van der Waals surface area contributed by atoms with Crippen LogP contribution >= 0.6 is 22.7 Å². The third-order valence-electron chi connectivity index (χ3n) is 14.7. The number of hydrogen-bond donors (Lipinski definition) is 0. The summed E-state index contributed by atoms with van der Waals surface area (Å²) in [6.07, 6.45) is -7.96. The molecule has 0 radical (unpaired) electrons. The highest BCUT2D eigenvalue weighted by Gasteiger charge is 2.73. The molecule has 0 spiro atoms. The Kier molecular flexibility index (Phi) is 14.1. The number of carbonyl (C=O) groups excluding carboxylic acids is 8. The molecule has 0 amide bonds. The van der Waals surface area contributed by atoms with Crippen molar-refractivity contribution in [3.8, 4) is 0 Å². The van der Waals surface area contributed by atoms with E-state index in [-0.39, 0.29) is 30.9 Å². The summed E-state index contributed by atoms with van der Waals surface area (Å²) in [5, 5.41) is -0.726. The SMILES string of the molecule is O=C1C(=O)c2ccc(C(F)(F)F)cc2/C1=C/c1nc2c(s1)C1=C(c3sc(/C=C4\C(=O)C(=O)c5ccc(C(F)(F)F)cc54)nc3C1(C(=O)OCc1ccccc1)C(=O)OCc1ccccc1)C2(C(=O)OCc1ccccc1)C(=O)OCc1ccccc1. The van der Waals surface area contributed by atoms with E-state index in [1.165, 1.54) is 0 Å². The number of benzene rings is 6. The van der Waals surface area contributed by atoms with Crippen molar-refractivity contribution in [1.29, 1.82) is 0 Å². The molecule has 12 rings (SSSR count). The van der Waals surface area contributed by atoms with Gasteiger partial charge in [0.2, 0.25) is 34.0 Å². The third kappa shape index (κ3) is 9.46. The van der Waals surface area contributed by atoms with Crippen LogP contribution in [0.3, 0.4) is 0 Å². The monoisotopic (exact) mass is 1200 g/mol. The van der Waals surface area contributed by atoms with Crippen LogP contribution < -0.4 is 0 Å². The van der Waals surface area contributed by atoms with Crippen LogP contribution in [0.15, 0.2) is 158 Å². The molecule has 0 bridgehead atoms. The van der Waals surface area contributed by atoms with Crippen LogP contribution in [-0.2, 0) is 97.3 Å². The normalized spacial score (nSPS) is 16.2. The van der Waals surface area contributed by atoms with Gasteiger partial charge in [-0.15, -0.1) is 22.7 Å². The Bertz CT molecular complexity index is 3930. The second kappa shape index (κ2) is 21.5. The number of esters is 4. The van der Waals surface area contributed by atoms with Gasteiger partial charge in [0.05, 0.1) is 32.3 Å². The Hall–Kier alpha value is -10.1. The zero-order valence-corrected chi connectivity index (χ0v) is 45.5. The smallest absolute Gasteiger partial charge is 0.416 e. The number of hydrogen-bond acceptors (Lipinski definition) is 16. The van der Waals surface area contributed by atoms with Crippen LogP contribution in [-0.4, -0.2) is 57.0 Å². The van der Waals surface area contributed by atoms with Crippen molar-refractivity contribution >= 4 is 104 Å². The van der Waals surface area contributed by atoms with E-state index in [1.54, 1.807) is 121 Å². The lowest BCUT2D eigenvalue weighted by Crippen LogP contribution is -2.46. The highest BCUT2D eigenvalue weighted by Crippen LogP contribution is 2.67. The molecule has 14 nitrogen and oxygen atoms in total. The Balaban J connectivity index is 1.15. The van der Waals surface area contributed by atoms with Crippen molar-refractivity contribution < 1.29 is 83.6 Å². The summed E-state index contributed by atoms with van der Waals surface area (Å²) in [5.41, 5.74) is -12.1. The standard InChI is InChI=1S/C64H36F6N2O12S2/c65-63(66,67)37-21-23-39-41(25-37)43(51(75)49(39)73)27-45-71-55-54(86-45)48-47(61(55,57(77)81-29-33-13-5-1-6-14-33)58(78)82-30-34-15-7-2-8-16-34)53-56(72-46(85-53)28-44-42-26-38(64(68,69)70)22-24-40(42)50(74)52(44)76)62(48,59(79)83-31-35-17-9-3-10-18-35)60(80)84-32-36-19-11-4-12-20-36/h1-28H,29-32H2/b43-27-,44-28-. The van der Waals surface area contributed by atoms with Crippen molar-refractivity contribution in [1.82, 2.24) is 9.97 Å². The van der Waals surface area contributed by atoms with E-state index < -0.39 is 153 Å². The van der Waals surface area contributed by atoms with E-state index in [0.29, 0.717) is 69.2 Å². The number of aromatic nitrogens is 2. The zero-order chi connectivity index (χ0) is 60.5. The molecule has 4 aliphatic rings. The summed E-state index contributed by atoms with van der Waals surface area (Å²) < 4.78 is 110. The molecule has 4 aliphatic carbocycles. The van der Waals surface area contributed by atoms with Crippen LogP contribution in [0.25, 0.3) is 34.4 Å². The first kappa shape index (κ1) is 56.4. The highest BCUT2D eigenvalue weighted by atomic mass is 32.1. The van der Waals surface area contributed by atoms with Crippen LogP contribution in [0.2, 0.25) is 0 Å². The number of allylic oxidation sites excluding steroid dienone is 2. The molecule has 0 unspecified atom stereocenters. The van der Waals surface area contributed by atoms with Gasteiger partial charge in [-0.05, 0) is 81.9 Å². The molecule has 0 fully saturated rings. The van der Waals surface area contributed by atoms with Gasteiger partial charge in [-0.3, -0.25) is 38.4 Å². The zero-order valence-electron chi connectivity index (χ0n) is 43.9. The van der Waals surface area contributed by atoms with E-state index >= 15 is 19.2 Å². The molecule has 6 aromatic carbocycles. The predicted octanol–water partition coefficient (Wildman–Crippen LogP) is 11.6. The second-order valence-corrected chi connectivity index (χ2v) is 22.0. The van der Waals surface area contributed by atoms with Gasteiger partial charge in [0.25, 0.3) is 0 Å². The van der Waals surface area contributed by atoms with E-state index in [2.05, 4.69) is 0 Å².